The van der Waals surface area contributed by atoms with E-state index in [2.05, 4.69) is 5.32 Å². The first-order valence-electron chi connectivity index (χ1n) is 8.48. The predicted molar refractivity (Wildman–Crippen MR) is 107 cm³/mol. The van der Waals surface area contributed by atoms with Crippen LogP contribution in [0.3, 0.4) is 0 Å². The Morgan fingerprint density at radius 2 is 1.30 bits per heavy atom. The molecular formula is C23H21NO3. The first kappa shape index (κ1) is 19.7. The van der Waals surface area contributed by atoms with Crippen molar-refractivity contribution in [1.29, 1.82) is 0 Å². The van der Waals surface area contributed by atoms with E-state index in [1.54, 1.807) is 18.2 Å². The summed E-state index contributed by atoms with van der Waals surface area (Å²) in [4.78, 5) is 21.8. The molecule has 1 amide bonds. The number of hydrogen-bond donors (Lipinski definition) is 2. The molecule has 0 radical (unpaired) electrons. The van der Waals surface area contributed by atoms with Crippen molar-refractivity contribution in [3.05, 3.63) is 114 Å². The minimum absolute atomic E-state index is 0.0375. The lowest BCUT2D eigenvalue weighted by atomic mass is 10.2. The average molecular weight is 359 g/mol. The zero-order chi connectivity index (χ0) is 19.3. The van der Waals surface area contributed by atoms with Gasteiger partial charge in [0, 0.05) is 18.2 Å². The van der Waals surface area contributed by atoms with E-state index in [1.165, 1.54) is 0 Å². The Labute approximate surface area is 158 Å². The number of carboxylic acids is 1. The van der Waals surface area contributed by atoms with E-state index in [0.29, 0.717) is 12.1 Å². The fraction of sp³-hybridized carbons (Fsp3) is 0.0435. The van der Waals surface area contributed by atoms with Crippen LogP contribution < -0.4 is 5.32 Å². The molecule has 0 spiro atoms. The Balaban J connectivity index is 0.000000208. The highest BCUT2D eigenvalue weighted by molar-refractivity contribution is 5.94. The molecule has 2 N–H and O–H groups in total. The maximum atomic E-state index is 11.7. The second-order valence-electron chi connectivity index (χ2n) is 5.62. The fourth-order valence-electron chi connectivity index (χ4n) is 2.20. The summed E-state index contributed by atoms with van der Waals surface area (Å²) in [6.07, 6.45) is 2.68. The number of rotatable bonds is 5. The van der Waals surface area contributed by atoms with E-state index in [-0.39, 0.29) is 5.91 Å². The number of carbonyl (C=O) groups excluding carboxylic acids is 1. The third kappa shape index (κ3) is 7.84. The van der Waals surface area contributed by atoms with Crippen molar-refractivity contribution in [2.45, 2.75) is 6.54 Å². The number of nitrogens with one attached hydrogen (secondary N) is 1. The average Bonchev–Trinajstić information content (AvgIpc) is 2.73. The molecule has 0 atom stereocenters. The highest BCUT2D eigenvalue weighted by atomic mass is 16.4. The zero-order valence-electron chi connectivity index (χ0n) is 14.8. The van der Waals surface area contributed by atoms with Crippen LogP contribution in [0.5, 0.6) is 0 Å². The van der Waals surface area contributed by atoms with Crippen molar-refractivity contribution >= 4 is 18.0 Å². The van der Waals surface area contributed by atoms with Gasteiger partial charge in [0.1, 0.15) is 0 Å². The summed E-state index contributed by atoms with van der Waals surface area (Å²) in [5, 5.41) is 11.2. The highest BCUT2D eigenvalue weighted by Gasteiger charge is 2.02. The summed E-state index contributed by atoms with van der Waals surface area (Å²) < 4.78 is 0. The van der Waals surface area contributed by atoms with Crippen molar-refractivity contribution in [2.24, 2.45) is 0 Å². The Morgan fingerprint density at radius 3 is 1.85 bits per heavy atom. The largest absolute Gasteiger partial charge is 0.478 e. The minimum atomic E-state index is -0.922. The van der Waals surface area contributed by atoms with Crippen molar-refractivity contribution in [3.8, 4) is 0 Å². The van der Waals surface area contributed by atoms with Gasteiger partial charge in [0.25, 0.3) is 5.91 Å². The molecule has 0 aliphatic carbocycles. The zero-order valence-corrected chi connectivity index (χ0v) is 14.8. The number of hydrogen-bond acceptors (Lipinski definition) is 2. The number of carboxylic acid groups (broad SMARTS) is 1. The Hall–Kier alpha value is -3.66. The van der Waals surface area contributed by atoms with E-state index >= 15 is 0 Å². The van der Waals surface area contributed by atoms with Gasteiger partial charge < -0.3 is 10.4 Å². The smallest absolute Gasteiger partial charge is 0.328 e. The third-order valence-corrected chi connectivity index (χ3v) is 3.55. The van der Waals surface area contributed by atoms with Crippen molar-refractivity contribution in [3.63, 3.8) is 0 Å². The number of amides is 1. The van der Waals surface area contributed by atoms with E-state index in [9.17, 15) is 9.59 Å². The topological polar surface area (TPSA) is 66.4 Å². The summed E-state index contributed by atoms with van der Waals surface area (Å²) in [6, 6.07) is 28.4. The van der Waals surface area contributed by atoms with Gasteiger partial charge in [-0.2, -0.15) is 0 Å². The molecule has 3 aromatic rings. The van der Waals surface area contributed by atoms with Crippen LogP contribution >= 0.6 is 0 Å². The molecule has 0 aliphatic rings. The normalized spacial score (nSPS) is 9.93. The first-order chi connectivity index (χ1) is 13.1. The van der Waals surface area contributed by atoms with E-state index in [1.807, 2.05) is 78.9 Å². The Kier molecular flexibility index (Phi) is 8.05. The summed E-state index contributed by atoms with van der Waals surface area (Å²) in [6.45, 7) is 0.564. The molecule has 0 saturated carbocycles. The van der Waals surface area contributed by atoms with Crippen LogP contribution in [0.25, 0.3) is 6.08 Å². The SMILES string of the molecule is O=C(NCc1ccccc1)c1ccccc1.O=C(O)/C=C/c1ccccc1. The Bertz CT molecular complexity index is 860. The van der Waals surface area contributed by atoms with Gasteiger partial charge >= 0.3 is 5.97 Å². The van der Waals surface area contributed by atoms with E-state index in [0.717, 1.165) is 17.2 Å². The molecule has 3 rings (SSSR count). The van der Waals surface area contributed by atoms with E-state index in [4.69, 9.17) is 5.11 Å². The summed E-state index contributed by atoms with van der Waals surface area (Å²) >= 11 is 0. The predicted octanol–water partition coefficient (Wildman–Crippen LogP) is 4.40. The second-order valence-corrected chi connectivity index (χ2v) is 5.62. The minimum Gasteiger partial charge on any atom is -0.478 e. The Morgan fingerprint density at radius 1 is 0.778 bits per heavy atom. The molecule has 136 valence electrons. The van der Waals surface area contributed by atoms with Gasteiger partial charge in [-0.15, -0.1) is 0 Å². The van der Waals surface area contributed by atoms with Gasteiger partial charge in [0.05, 0.1) is 0 Å². The lowest BCUT2D eigenvalue weighted by Crippen LogP contribution is -2.22. The molecule has 27 heavy (non-hydrogen) atoms. The van der Waals surface area contributed by atoms with Crippen LogP contribution in [0, 0.1) is 0 Å². The lowest BCUT2D eigenvalue weighted by Gasteiger charge is -2.04. The van der Waals surface area contributed by atoms with Crippen molar-refractivity contribution in [2.75, 3.05) is 0 Å². The summed E-state index contributed by atoms with van der Waals surface area (Å²) in [7, 11) is 0. The number of carbonyl (C=O) groups is 2. The second kappa shape index (κ2) is 11.1. The molecule has 0 saturated heterocycles. The standard InChI is InChI=1S/C14H13NO.C9H8O2/c16-14(13-9-5-2-6-10-13)15-11-12-7-3-1-4-8-12;10-9(11)7-6-8-4-2-1-3-5-8/h1-10H,11H2,(H,15,16);1-7H,(H,10,11)/b;7-6+. The molecular weight excluding hydrogens is 338 g/mol. The van der Waals surface area contributed by atoms with Crippen LogP contribution in [-0.2, 0) is 11.3 Å². The molecule has 4 nitrogen and oxygen atoms in total. The highest BCUT2D eigenvalue weighted by Crippen LogP contribution is 2.01. The molecule has 3 aromatic carbocycles. The van der Waals surface area contributed by atoms with Crippen LogP contribution in [0.1, 0.15) is 21.5 Å². The van der Waals surface area contributed by atoms with Crippen LogP contribution in [0.15, 0.2) is 97.1 Å². The lowest BCUT2D eigenvalue weighted by molar-refractivity contribution is -0.131. The van der Waals surface area contributed by atoms with Gasteiger partial charge in [-0.1, -0.05) is 78.9 Å². The molecule has 0 bridgehead atoms. The van der Waals surface area contributed by atoms with Gasteiger partial charge in [0.15, 0.2) is 0 Å². The summed E-state index contributed by atoms with van der Waals surface area (Å²) in [5.74, 6) is -0.960. The summed E-state index contributed by atoms with van der Waals surface area (Å²) in [5.41, 5.74) is 2.69. The van der Waals surface area contributed by atoms with Gasteiger partial charge in [-0.25, -0.2) is 4.79 Å². The number of aliphatic carboxylic acids is 1. The van der Waals surface area contributed by atoms with Gasteiger partial charge in [0.2, 0.25) is 0 Å². The molecule has 0 unspecified atom stereocenters. The third-order valence-electron chi connectivity index (χ3n) is 3.55. The monoisotopic (exact) mass is 359 g/mol. The maximum absolute atomic E-state index is 11.7. The van der Waals surface area contributed by atoms with Crippen LogP contribution in [-0.4, -0.2) is 17.0 Å². The van der Waals surface area contributed by atoms with Gasteiger partial charge in [-0.3, -0.25) is 4.79 Å². The molecule has 0 aromatic heterocycles. The fourth-order valence-corrected chi connectivity index (χ4v) is 2.20. The molecule has 0 aliphatic heterocycles. The quantitative estimate of drug-likeness (QED) is 0.664. The number of benzene rings is 3. The first-order valence-corrected chi connectivity index (χ1v) is 8.48. The molecule has 0 fully saturated rings. The maximum Gasteiger partial charge on any atom is 0.328 e. The molecule has 4 heteroatoms. The van der Waals surface area contributed by atoms with Crippen molar-refractivity contribution in [1.82, 2.24) is 5.32 Å². The molecule has 0 heterocycles. The van der Waals surface area contributed by atoms with Crippen molar-refractivity contribution < 1.29 is 14.7 Å². The van der Waals surface area contributed by atoms with Gasteiger partial charge in [-0.05, 0) is 29.3 Å². The van der Waals surface area contributed by atoms with Crippen LogP contribution in [0.4, 0.5) is 0 Å². The van der Waals surface area contributed by atoms with Crippen LogP contribution in [0.2, 0.25) is 0 Å². The van der Waals surface area contributed by atoms with E-state index < -0.39 is 5.97 Å².